The van der Waals surface area contributed by atoms with Gasteiger partial charge in [-0.2, -0.15) is 0 Å². The van der Waals surface area contributed by atoms with Crippen LogP contribution in [-0.4, -0.2) is 5.78 Å². The van der Waals surface area contributed by atoms with Crippen LogP contribution in [0.25, 0.3) is 0 Å². The first kappa shape index (κ1) is 12.2. The highest BCUT2D eigenvalue weighted by Gasteiger charge is 2.12. The zero-order chi connectivity index (χ0) is 11.3. The average molecular weight is 206 g/mol. The minimum absolute atomic E-state index is 0.200. The second-order valence-electron chi connectivity index (χ2n) is 4.74. The van der Waals surface area contributed by atoms with Crippen LogP contribution in [0, 0.1) is 5.92 Å². The van der Waals surface area contributed by atoms with E-state index in [-0.39, 0.29) is 5.92 Å². The third-order valence-corrected chi connectivity index (χ3v) is 3.17. The summed E-state index contributed by atoms with van der Waals surface area (Å²) in [6.45, 7) is 6.34. The minimum Gasteiger partial charge on any atom is -0.299 e. The number of ketones is 1. The standard InChI is InChI=1S/C14H22O/c1-11-5-4-6-12(2)8-10-14(15)13(3)9-7-11/h6-7,13H,4-5,8-10H2,1-3H3/b11-7-,12-6-. The Morgan fingerprint density at radius 1 is 1.07 bits per heavy atom. The highest BCUT2D eigenvalue weighted by molar-refractivity contribution is 5.81. The van der Waals surface area contributed by atoms with Crippen molar-refractivity contribution in [2.24, 2.45) is 5.92 Å². The van der Waals surface area contributed by atoms with E-state index in [1.165, 1.54) is 11.1 Å². The van der Waals surface area contributed by atoms with E-state index >= 15 is 0 Å². The van der Waals surface area contributed by atoms with Gasteiger partial charge in [-0.05, 0) is 39.5 Å². The van der Waals surface area contributed by atoms with Crippen molar-refractivity contribution >= 4 is 5.78 Å². The molecule has 1 nitrogen and oxygen atoms in total. The molecule has 0 aromatic rings. The monoisotopic (exact) mass is 206 g/mol. The Kier molecular flexibility index (Phi) is 4.80. The molecule has 1 aliphatic carbocycles. The Morgan fingerprint density at radius 3 is 2.47 bits per heavy atom. The first-order valence-corrected chi connectivity index (χ1v) is 5.93. The molecule has 0 amide bonds. The van der Waals surface area contributed by atoms with Crippen LogP contribution >= 0.6 is 0 Å². The molecule has 1 rings (SSSR count). The van der Waals surface area contributed by atoms with E-state index in [4.69, 9.17) is 0 Å². The van der Waals surface area contributed by atoms with Crippen LogP contribution < -0.4 is 0 Å². The summed E-state index contributed by atoms with van der Waals surface area (Å²) >= 11 is 0. The molecule has 1 heteroatoms. The normalized spacial score (nSPS) is 32.2. The molecule has 0 fully saturated rings. The fourth-order valence-electron chi connectivity index (χ4n) is 1.83. The van der Waals surface area contributed by atoms with Crippen molar-refractivity contribution in [3.8, 4) is 0 Å². The van der Waals surface area contributed by atoms with Crippen molar-refractivity contribution in [3.05, 3.63) is 23.3 Å². The highest BCUT2D eigenvalue weighted by Crippen LogP contribution is 2.17. The Bertz CT molecular complexity index is 284. The van der Waals surface area contributed by atoms with Crippen LogP contribution in [0.4, 0.5) is 0 Å². The molecule has 0 saturated heterocycles. The number of carbonyl (C=O) groups excluding carboxylic acids is 1. The Balaban J connectivity index is 2.70. The molecule has 0 spiro atoms. The Hall–Kier alpha value is -0.850. The topological polar surface area (TPSA) is 17.1 Å². The van der Waals surface area contributed by atoms with Gasteiger partial charge in [-0.25, -0.2) is 0 Å². The Labute approximate surface area is 93.3 Å². The average Bonchev–Trinajstić information content (AvgIpc) is 2.23. The van der Waals surface area contributed by atoms with Gasteiger partial charge in [0.2, 0.25) is 0 Å². The van der Waals surface area contributed by atoms with Crippen LogP contribution in [0.2, 0.25) is 0 Å². The summed E-state index contributed by atoms with van der Waals surface area (Å²) < 4.78 is 0. The lowest BCUT2D eigenvalue weighted by molar-refractivity contribution is -0.122. The summed E-state index contributed by atoms with van der Waals surface area (Å²) in [6.07, 6.45) is 9.36. The van der Waals surface area contributed by atoms with Crippen molar-refractivity contribution < 1.29 is 4.79 Å². The smallest absolute Gasteiger partial charge is 0.136 e. The summed E-state index contributed by atoms with van der Waals surface area (Å²) in [5.74, 6) is 0.611. The molecule has 0 aromatic heterocycles. The van der Waals surface area contributed by atoms with Crippen LogP contribution in [0.5, 0.6) is 0 Å². The van der Waals surface area contributed by atoms with Gasteiger partial charge in [-0.1, -0.05) is 30.2 Å². The molecule has 0 radical (unpaired) electrons. The number of hydrogen-bond acceptors (Lipinski definition) is 1. The van der Waals surface area contributed by atoms with Crippen molar-refractivity contribution in [2.75, 3.05) is 0 Å². The predicted octanol–water partition coefficient (Wildman–Crippen LogP) is 4.05. The van der Waals surface area contributed by atoms with Gasteiger partial charge in [0.15, 0.2) is 0 Å². The molecule has 0 aliphatic heterocycles. The number of carbonyl (C=O) groups is 1. The maximum absolute atomic E-state index is 11.7. The van der Waals surface area contributed by atoms with Gasteiger partial charge in [0.1, 0.15) is 5.78 Å². The molecule has 0 aromatic carbocycles. The van der Waals surface area contributed by atoms with Gasteiger partial charge in [0, 0.05) is 12.3 Å². The van der Waals surface area contributed by atoms with Gasteiger partial charge >= 0.3 is 0 Å². The number of hydrogen-bond donors (Lipinski definition) is 0. The van der Waals surface area contributed by atoms with E-state index in [2.05, 4.69) is 26.0 Å². The fourth-order valence-corrected chi connectivity index (χ4v) is 1.83. The van der Waals surface area contributed by atoms with Crippen LogP contribution in [0.3, 0.4) is 0 Å². The van der Waals surface area contributed by atoms with Gasteiger partial charge in [0.25, 0.3) is 0 Å². The Morgan fingerprint density at radius 2 is 1.73 bits per heavy atom. The highest BCUT2D eigenvalue weighted by atomic mass is 16.1. The molecule has 0 heterocycles. The molecule has 0 N–H and O–H groups in total. The maximum atomic E-state index is 11.7. The zero-order valence-electron chi connectivity index (χ0n) is 10.2. The molecule has 84 valence electrons. The van der Waals surface area contributed by atoms with Crippen LogP contribution in [0.15, 0.2) is 23.3 Å². The molecule has 1 atom stereocenters. The summed E-state index contributed by atoms with van der Waals surface area (Å²) in [6, 6.07) is 0. The van der Waals surface area contributed by atoms with Gasteiger partial charge in [-0.3, -0.25) is 4.79 Å². The second kappa shape index (κ2) is 5.89. The largest absolute Gasteiger partial charge is 0.299 e. The van der Waals surface area contributed by atoms with Gasteiger partial charge < -0.3 is 0 Å². The van der Waals surface area contributed by atoms with Crippen molar-refractivity contribution in [1.82, 2.24) is 0 Å². The quantitative estimate of drug-likeness (QED) is 0.546. The number of allylic oxidation sites excluding steroid dienone is 4. The number of rotatable bonds is 0. The molecule has 1 aliphatic rings. The lowest BCUT2D eigenvalue weighted by Crippen LogP contribution is -2.09. The summed E-state index contributed by atoms with van der Waals surface area (Å²) in [4.78, 5) is 11.7. The minimum atomic E-state index is 0.200. The lowest BCUT2D eigenvalue weighted by atomic mass is 9.97. The van der Waals surface area contributed by atoms with Crippen molar-refractivity contribution in [1.29, 1.82) is 0 Å². The van der Waals surface area contributed by atoms with E-state index in [0.29, 0.717) is 5.78 Å². The molecule has 1 unspecified atom stereocenters. The predicted molar refractivity (Wildman–Crippen MR) is 64.8 cm³/mol. The maximum Gasteiger partial charge on any atom is 0.136 e. The van der Waals surface area contributed by atoms with E-state index in [1.54, 1.807) is 0 Å². The molecular formula is C14H22O. The fraction of sp³-hybridized carbons (Fsp3) is 0.643. The molecule has 0 saturated carbocycles. The first-order valence-electron chi connectivity index (χ1n) is 5.93. The van der Waals surface area contributed by atoms with Crippen molar-refractivity contribution in [3.63, 3.8) is 0 Å². The molecular weight excluding hydrogens is 184 g/mol. The summed E-state index contributed by atoms with van der Waals surface area (Å²) in [7, 11) is 0. The first-order chi connectivity index (χ1) is 7.09. The van der Waals surface area contributed by atoms with Gasteiger partial charge in [0.05, 0.1) is 0 Å². The van der Waals surface area contributed by atoms with E-state index in [9.17, 15) is 4.79 Å². The molecule has 15 heavy (non-hydrogen) atoms. The van der Waals surface area contributed by atoms with Crippen LogP contribution in [-0.2, 0) is 4.79 Å². The van der Waals surface area contributed by atoms with Crippen LogP contribution in [0.1, 0.15) is 52.9 Å². The van der Waals surface area contributed by atoms with Gasteiger partial charge in [-0.15, -0.1) is 0 Å². The van der Waals surface area contributed by atoms with E-state index < -0.39 is 0 Å². The summed E-state index contributed by atoms with van der Waals surface area (Å²) in [5, 5.41) is 0. The molecule has 0 bridgehead atoms. The SMILES string of the molecule is C/C1=C/CC(C)C(=O)CC/C(C)=C\CC1. The summed E-state index contributed by atoms with van der Waals surface area (Å²) in [5.41, 5.74) is 2.78. The third kappa shape index (κ3) is 4.46. The third-order valence-electron chi connectivity index (χ3n) is 3.17. The lowest BCUT2D eigenvalue weighted by Gasteiger charge is -2.07. The van der Waals surface area contributed by atoms with E-state index in [0.717, 1.165) is 32.1 Å². The number of Topliss-reactive ketones (excluding diaryl/α,β-unsaturated/α-hetero) is 1. The second-order valence-corrected chi connectivity index (χ2v) is 4.74. The van der Waals surface area contributed by atoms with E-state index in [1.807, 2.05) is 6.92 Å². The zero-order valence-corrected chi connectivity index (χ0v) is 10.2. The van der Waals surface area contributed by atoms with Crippen molar-refractivity contribution in [2.45, 2.75) is 52.9 Å².